The van der Waals surface area contributed by atoms with E-state index in [1.54, 1.807) is 32.9 Å². The van der Waals surface area contributed by atoms with Gasteiger partial charge < -0.3 is 15.4 Å². The first-order valence-corrected chi connectivity index (χ1v) is 15.4. The number of esters is 1. The van der Waals surface area contributed by atoms with Crippen LogP contribution in [-0.2, 0) is 24.3 Å². The molecule has 2 saturated heterocycles. The second-order valence-corrected chi connectivity index (χ2v) is 14.6. The number of nitriles is 1. The van der Waals surface area contributed by atoms with Crippen LogP contribution >= 0.6 is 0 Å². The number of anilines is 1. The van der Waals surface area contributed by atoms with Gasteiger partial charge in [0.05, 0.1) is 23.3 Å². The molecule has 1 aromatic carbocycles. The Labute approximate surface area is 237 Å². The lowest BCUT2D eigenvalue weighted by molar-refractivity contribution is -0.164. The van der Waals surface area contributed by atoms with Gasteiger partial charge in [-0.25, -0.2) is 18.9 Å². The zero-order chi connectivity index (χ0) is 29.5. The third-order valence-corrected chi connectivity index (χ3v) is 10.4. The van der Waals surface area contributed by atoms with Crippen LogP contribution < -0.4 is 16.1 Å². The molecule has 2 aliphatic heterocycles. The topological polar surface area (TPSA) is 144 Å². The highest BCUT2D eigenvalue weighted by molar-refractivity contribution is 7.89. The Morgan fingerprint density at radius 3 is 2.40 bits per heavy atom. The summed E-state index contributed by atoms with van der Waals surface area (Å²) >= 11 is 0. The molecule has 40 heavy (non-hydrogen) atoms. The number of benzene rings is 1. The van der Waals surface area contributed by atoms with Crippen LogP contribution in [0.4, 0.5) is 5.69 Å². The maximum absolute atomic E-state index is 13.4. The van der Waals surface area contributed by atoms with Gasteiger partial charge in [-0.2, -0.15) is 9.57 Å². The summed E-state index contributed by atoms with van der Waals surface area (Å²) in [6.45, 7) is 8.82. The first-order valence-electron chi connectivity index (χ1n) is 13.9. The number of piperidine rings is 1. The second-order valence-electron chi connectivity index (χ2n) is 12.6. The Kier molecular flexibility index (Phi) is 8.26. The molecule has 220 valence electrons. The first kappa shape index (κ1) is 30.2. The summed E-state index contributed by atoms with van der Waals surface area (Å²) in [7, 11) is -2.65. The zero-order valence-electron chi connectivity index (χ0n) is 24.3. The van der Waals surface area contributed by atoms with Crippen LogP contribution in [0.25, 0.3) is 0 Å². The number of hydrogen-bond donors (Lipinski definition) is 3. The molecule has 3 N–H and O–H groups in total. The Balaban J connectivity index is 1.53. The van der Waals surface area contributed by atoms with Crippen molar-refractivity contribution in [3.63, 3.8) is 0 Å². The minimum Gasteiger partial charge on any atom is -0.459 e. The SMILES string of the molecule is CN(C(C)(C)C(=O)OC(C)(C)C)S(=O)(=O)c1ccc(NC2NN(C3(CC#N)CCCC3)C3CCNC(=O)C23)cc1. The fourth-order valence-electron chi connectivity index (χ4n) is 5.99. The van der Waals surface area contributed by atoms with E-state index in [0.717, 1.165) is 36.4 Å². The number of ether oxygens (including phenoxy) is 1. The van der Waals surface area contributed by atoms with Crippen molar-refractivity contribution in [2.45, 2.75) is 107 Å². The molecule has 0 bridgehead atoms. The van der Waals surface area contributed by atoms with Gasteiger partial charge in [0.25, 0.3) is 0 Å². The number of nitrogens with zero attached hydrogens (tertiary/aromatic N) is 3. The number of nitrogens with one attached hydrogen (secondary N) is 3. The van der Waals surface area contributed by atoms with E-state index in [-0.39, 0.29) is 28.3 Å². The Morgan fingerprint density at radius 2 is 1.82 bits per heavy atom. The maximum Gasteiger partial charge on any atom is 0.327 e. The number of sulfonamides is 1. The van der Waals surface area contributed by atoms with E-state index in [1.807, 2.05) is 0 Å². The monoisotopic (exact) mass is 574 g/mol. The van der Waals surface area contributed by atoms with Crippen molar-refractivity contribution in [2.24, 2.45) is 5.92 Å². The number of rotatable bonds is 8. The maximum atomic E-state index is 13.4. The quantitative estimate of drug-likeness (QED) is 0.399. The van der Waals surface area contributed by atoms with E-state index < -0.39 is 33.3 Å². The largest absolute Gasteiger partial charge is 0.459 e. The molecule has 11 nitrogen and oxygen atoms in total. The smallest absolute Gasteiger partial charge is 0.327 e. The second kappa shape index (κ2) is 10.9. The van der Waals surface area contributed by atoms with Crippen LogP contribution in [0.3, 0.4) is 0 Å². The number of carbonyl (C=O) groups is 2. The zero-order valence-corrected chi connectivity index (χ0v) is 25.1. The summed E-state index contributed by atoms with van der Waals surface area (Å²) in [6.07, 6.45) is 4.68. The van der Waals surface area contributed by atoms with Gasteiger partial charge in [0, 0.05) is 30.9 Å². The molecule has 1 aliphatic carbocycles. The molecule has 3 aliphatic rings. The summed E-state index contributed by atoms with van der Waals surface area (Å²) in [5.74, 6) is -1.05. The van der Waals surface area contributed by atoms with Crippen LogP contribution in [0.15, 0.2) is 29.2 Å². The molecule has 3 unspecified atom stereocenters. The number of hydrazine groups is 1. The normalized spacial score (nSPS) is 25.2. The van der Waals surface area contributed by atoms with Crippen LogP contribution in [-0.4, -0.2) is 72.1 Å². The average molecular weight is 575 g/mol. The minimum absolute atomic E-state index is 0.0328. The summed E-state index contributed by atoms with van der Waals surface area (Å²) in [5.41, 5.74) is 1.69. The first-order chi connectivity index (χ1) is 18.6. The molecule has 1 saturated carbocycles. The van der Waals surface area contributed by atoms with Crippen molar-refractivity contribution in [3.05, 3.63) is 24.3 Å². The molecule has 2 heterocycles. The van der Waals surface area contributed by atoms with Crippen molar-refractivity contribution in [3.8, 4) is 6.07 Å². The number of likely N-dealkylation sites (N-methyl/N-ethyl adjacent to an activating group) is 1. The minimum atomic E-state index is -4.02. The predicted octanol–water partition coefficient (Wildman–Crippen LogP) is 2.72. The molecule has 1 amide bonds. The van der Waals surface area contributed by atoms with E-state index in [0.29, 0.717) is 18.7 Å². The standard InChI is InChI=1S/C28H42N6O5S/c1-26(2,3)39-25(36)27(4,5)33(6)40(37,38)20-11-9-19(10-12-20)31-23-22-21(13-18-30-24(22)35)34(32-23)28(16-17-29)14-7-8-15-28/h9-12,21-23,31-32H,7-8,13-16,18H2,1-6H3,(H,30,35). The summed E-state index contributed by atoms with van der Waals surface area (Å²) in [5, 5.41) is 18.1. The van der Waals surface area contributed by atoms with Crippen molar-refractivity contribution in [2.75, 3.05) is 18.9 Å². The van der Waals surface area contributed by atoms with Gasteiger partial charge in [0.15, 0.2) is 0 Å². The number of amides is 1. The van der Waals surface area contributed by atoms with Crippen LogP contribution in [0.5, 0.6) is 0 Å². The average Bonchev–Trinajstić information content (AvgIpc) is 3.49. The molecule has 4 rings (SSSR count). The molecular formula is C28H42N6O5S. The fraction of sp³-hybridized carbons (Fsp3) is 0.679. The fourth-order valence-corrected chi connectivity index (χ4v) is 7.46. The Morgan fingerprint density at radius 1 is 1.20 bits per heavy atom. The summed E-state index contributed by atoms with van der Waals surface area (Å²) in [4.78, 5) is 25.8. The molecule has 3 fully saturated rings. The predicted molar refractivity (Wildman–Crippen MR) is 150 cm³/mol. The van der Waals surface area contributed by atoms with Gasteiger partial charge in [-0.15, -0.1) is 0 Å². The molecule has 3 atom stereocenters. The van der Waals surface area contributed by atoms with E-state index in [9.17, 15) is 23.3 Å². The highest BCUT2D eigenvalue weighted by Gasteiger charge is 2.55. The van der Waals surface area contributed by atoms with Crippen LogP contribution in [0.2, 0.25) is 0 Å². The van der Waals surface area contributed by atoms with E-state index in [4.69, 9.17) is 4.74 Å². The van der Waals surface area contributed by atoms with Crippen LogP contribution in [0, 0.1) is 17.2 Å². The van der Waals surface area contributed by atoms with Gasteiger partial charge in [-0.3, -0.25) is 9.59 Å². The molecule has 1 aromatic rings. The number of fused-ring (bicyclic) bond motifs is 1. The molecule has 0 spiro atoms. The van der Waals surface area contributed by atoms with Gasteiger partial charge in [0.1, 0.15) is 17.3 Å². The van der Waals surface area contributed by atoms with Crippen molar-refractivity contribution in [1.82, 2.24) is 20.1 Å². The lowest BCUT2D eigenvalue weighted by atomic mass is 9.86. The Bertz CT molecular complexity index is 1260. The molecular weight excluding hydrogens is 532 g/mol. The highest BCUT2D eigenvalue weighted by atomic mass is 32.2. The number of carbonyl (C=O) groups excluding carboxylic acids is 2. The van der Waals surface area contributed by atoms with Crippen molar-refractivity contribution < 1.29 is 22.7 Å². The van der Waals surface area contributed by atoms with E-state index in [2.05, 4.69) is 27.1 Å². The third-order valence-electron chi connectivity index (χ3n) is 8.40. The summed E-state index contributed by atoms with van der Waals surface area (Å²) < 4.78 is 33.3. The van der Waals surface area contributed by atoms with Gasteiger partial charge >= 0.3 is 5.97 Å². The van der Waals surface area contributed by atoms with E-state index >= 15 is 0 Å². The highest BCUT2D eigenvalue weighted by Crippen LogP contribution is 2.43. The Hall–Kier alpha value is -2.72. The lowest BCUT2D eigenvalue weighted by Gasteiger charge is -2.42. The van der Waals surface area contributed by atoms with Crippen molar-refractivity contribution >= 4 is 27.6 Å². The molecule has 0 radical (unpaired) electrons. The molecule has 0 aromatic heterocycles. The number of hydrogen-bond acceptors (Lipinski definition) is 9. The lowest BCUT2D eigenvalue weighted by Crippen LogP contribution is -2.57. The van der Waals surface area contributed by atoms with Gasteiger partial charge in [0.2, 0.25) is 15.9 Å². The third kappa shape index (κ3) is 5.70. The van der Waals surface area contributed by atoms with Crippen molar-refractivity contribution in [1.29, 1.82) is 5.26 Å². The van der Waals surface area contributed by atoms with Crippen LogP contribution in [0.1, 0.15) is 73.1 Å². The molecule has 12 heteroatoms. The van der Waals surface area contributed by atoms with E-state index in [1.165, 1.54) is 33.0 Å². The van der Waals surface area contributed by atoms with Gasteiger partial charge in [-0.1, -0.05) is 12.8 Å². The summed E-state index contributed by atoms with van der Waals surface area (Å²) in [6, 6.07) is 8.60. The van der Waals surface area contributed by atoms with Gasteiger partial charge in [-0.05, 0) is 78.1 Å².